The molecule has 1 heterocycles. The Kier molecular flexibility index (Phi) is 4.12. The Balaban J connectivity index is 2.31. The van der Waals surface area contributed by atoms with E-state index in [4.69, 9.17) is 0 Å². The zero-order valence-electron chi connectivity index (χ0n) is 13.9. The average Bonchev–Trinajstić information content (AvgIpc) is 2.92. The van der Waals surface area contributed by atoms with Gasteiger partial charge in [0.1, 0.15) is 13.8 Å². The highest BCUT2D eigenvalue weighted by Crippen LogP contribution is 2.25. The lowest BCUT2D eigenvalue weighted by Crippen LogP contribution is -2.18. The first-order chi connectivity index (χ1) is 11.3. The fourth-order valence-corrected chi connectivity index (χ4v) is 4.42. The van der Waals surface area contributed by atoms with Crippen molar-refractivity contribution >= 4 is 29.0 Å². The van der Waals surface area contributed by atoms with Crippen molar-refractivity contribution in [2.75, 3.05) is 0 Å². The second kappa shape index (κ2) is 5.97. The summed E-state index contributed by atoms with van der Waals surface area (Å²) in [6.07, 6.45) is 0. The van der Waals surface area contributed by atoms with E-state index in [0.717, 1.165) is 5.39 Å². The first-order valence-electron chi connectivity index (χ1n) is 7.73. The Hall–Kier alpha value is -2.29. The molecule has 0 spiro atoms. The summed E-state index contributed by atoms with van der Waals surface area (Å²) in [6.45, 7) is 6.41. The van der Waals surface area contributed by atoms with E-state index in [1.807, 2.05) is 30.3 Å². The molecule has 1 aromatic heterocycles. The minimum atomic E-state index is -3.69. The van der Waals surface area contributed by atoms with Crippen LogP contribution in [0.3, 0.4) is 0 Å². The Bertz CT molecular complexity index is 1050. The van der Waals surface area contributed by atoms with E-state index in [9.17, 15) is 8.42 Å². The van der Waals surface area contributed by atoms with Crippen LogP contribution in [0.2, 0.25) is 19.6 Å². The molecule has 0 amide bonds. The lowest BCUT2D eigenvalue weighted by Gasteiger charge is -2.10. The second-order valence-corrected chi connectivity index (χ2v) is 13.2. The standard InChI is InChI=1S/C19H19NO2SSi/c1-24(2,3)14-13-17-15-16-9-7-8-12-19(16)20(17)23(21,22)18-10-5-4-6-11-18/h4-12,15H,1-3H3. The molecule has 0 radical (unpaired) electrons. The zero-order valence-corrected chi connectivity index (χ0v) is 15.8. The molecule has 0 bridgehead atoms. The SMILES string of the molecule is C[Si](C)(C)C#Cc1cc2ccccc2n1S(=O)(=O)c1ccccc1. The second-order valence-electron chi connectivity index (χ2n) is 6.67. The quantitative estimate of drug-likeness (QED) is 0.514. The van der Waals surface area contributed by atoms with Gasteiger partial charge in [-0.05, 0) is 24.3 Å². The van der Waals surface area contributed by atoms with E-state index in [2.05, 4.69) is 31.1 Å². The summed E-state index contributed by atoms with van der Waals surface area (Å²) in [5, 5.41) is 0.872. The maximum absolute atomic E-state index is 13.2. The smallest absolute Gasteiger partial charge is 0.226 e. The van der Waals surface area contributed by atoms with Crippen LogP contribution >= 0.6 is 0 Å². The molecule has 24 heavy (non-hydrogen) atoms. The predicted molar refractivity (Wildman–Crippen MR) is 101 cm³/mol. The van der Waals surface area contributed by atoms with Gasteiger partial charge in [0, 0.05) is 5.39 Å². The lowest BCUT2D eigenvalue weighted by molar-refractivity contribution is 0.588. The molecule has 0 atom stereocenters. The van der Waals surface area contributed by atoms with Gasteiger partial charge >= 0.3 is 0 Å². The van der Waals surface area contributed by atoms with Crippen LogP contribution in [0.25, 0.3) is 10.9 Å². The number of aromatic nitrogens is 1. The van der Waals surface area contributed by atoms with Crippen LogP contribution in [0.4, 0.5) is 0 Å². The van der Waals surface area contributed by atoms with Crippen molar-refractivity contribution in [1.82, 2.24) is 3.97 Å². The number of hydrogen-bond donors (Lipinski definition) is 0. The van der Waals surface area contributed by atoms with Crippen LogP contribution in [0.1, 0.15) is 5.69 Å². The van der Waals surface area contributed by atoms with Crippen LogP contribution in [-0.2, 0) is 10.0 Å². The van der Waals surface area contributed by atoms with Gasteiger partial charge in [-0.1, -0.05) is 62.0 Å². The number of nitrogens with zero attached hydrogens (tertiary/aromatic N) is 1. The number of fused-ring (bicyclic) bond motifs is 1. The van der Waals surface area contributed by atoms with Gasteiger partial charge in [-0.15, -0.1) is 5.54 Å². The van der Waals surface area contributed by atoms with E-state index in [0.29, 0.717) is 11.2 Å². The maximum Gasteiger partial charge on any atom is 0.269 e. The molecule has 0 fully saturated rings. The maximum atomic E-state index is 13.2. The molecule has 3 rings (SSSR count). The molecule has 0 saturated heterocycles. The molecule has 0 unspecified atom stereocenters. The normalized spacial score (nSPS) is 12.0. The Morgan fingerprint density at radius 3 is 2.21 bits per heavy atom. The number of benzene rings is 2. The molecule has 5 heteroatoms. The lowest BCUT2D eigenvalue weighted by atomic mass is 10.2. The third-order valence-electron chi connectivity index (χ3n) is 3.51. The summed E-state index contributed by atoms with van der Waals surface area (Å²) < 4.78 is 27.7. The van der Waals surface area contributed by atoms with Crippen LogP contribution in [0, 0.1) is 11.5 Å². The van der Waals surface area contributed by atoms with Gasteiger partial charge in [0.25, 0.3) is 10.0 Å². The minimum Gasteiger partial charge on any atom is -0.226 e. The third-order valence-corrected chi connectivity index (χ3v) is 6.13. The van der Waals surface area contributed by atoms with Gasteiger partial charge in [0.2, 0.25) is 0 Å². The molecule has 0 aliphatic heterocycles. The van der Waals surface area contributed by atoms with E-state index < -0.39 is 18.1 Å². The van der Waals surface area contributed by atoms with Gasteiger partial charge in [0.15, 0.2) is 0 Å². The molecule has 0 saturated carbocycles. The molecular formula is C19H19NO2SSi. The van der Waals surface area contributed by atoms with Crippen LogP contribution in [0.15, 0.2) is 65.6 Å². The van der Waals surface area contributed by atoms with E-state index in [-0.39, 0.29) is 4.90 Å². The molecule has 2 aromatic carbocycles. The van der Waals surface area contributed by atoms with Crippen molar-refractivity contribution in [3.63, 3.8) is 0 Å². The van der Waals surface area contributed by atoms with E-state index in [1.165, 1.54) is 3.97 Å². The number of hydrogen-bond acceptors (Lipinski definition) is 2. The molecule has 0 N–H and O–H groups in total. The summed E-state index contributed by atoms with van der Waals surface area (Å²) in [6, 6.07) is 17.8. The van der Waals surface area contributed by atoms with Crippen molar-refractivity contribution in [2.24, 2.45) is 0 Å². The van der Waals surface area contributed by atoms with Crippen molar-refractivity contribution in [3.8, 4) is 11.5 Å². The average molecular weight is 354 g/mol. The van der Waals surface area contributed by atoms with Gasteiger partial charge in [-0.2, -0.15) is 0 Å². The van der Waals surface area contributed by atoms with Crippen LogP contribution in [-0.4, -0.2) is 20.5 Å². The fraction of sp³-hybridized carbons (Fsp3) is 0.158. The molecule has 3 nitrogen and oxygen atoms in total. The van der Waals surface area contributed by atoms with E-state index in [1.54, 1.807) is 30.3 Å². The van der Waals surface area contributed by atoms with Crippen LogP contribution < -0.4 is 0 Å². The molecular weight excluding hydrogens is 334 g/mol. The molecule has 0 aliphatic rings. The topological polar surface area (TPSA) is 39.1 Å². The number of para-hydroxylation sites is 1. The van der Waals surface area contributed by atoms with Crippen molar-refractivity contribution in [2.45, 2.75) is 24.5 Å². The summed E-state index contributed by atoms with van der Waals surface area (Å²) in [4.78, 5) is 0.266. The molecule has 0 aliphatic carbocycles. The van der Waals surface area contributed by atoms with E-state index >= 15 is 0 Å². The predicted octanol–water partition coefficient (Wildman–Crippen LogP) is 4.11. The fourth-order valence-electron chi connectivity index (χ4n) is 2.43. The monoisotopic (exact) mass is 353 g/mol. The summed E-state index contributed by atoms with van der Waals surface area (Å²) in [5.41, 5.74) is 4.44. The molecule has 122 valence electrons. The van der Waals surface area contributed by atoms with Gasteiger partial charge in [-0.25, -0.2) is 12.4 Å². The Morgan fingerprint density at radius 2 is 1.54 bits per heavy atom. The summed E-state index contributed by atoms with van der Waals surface area (Å²) >= 11 is 0. The number of rotatable bonds is 2. The summed E-state index contributed by atoms with van der Waals surface area (Å²) in [5.74, 6) is 3.11. The first-order valence-corrected chi connectivity index (χ1v) is 12.7. The van der Waals surface area contributed by atoms with Crippen molar-refractivity contribution in [3.05, 3.63) is 66.4 Å². The first kappa shape index (κ1) is 16.6. The van der Waals surface area contributed by atoms with Gasteiger partial charge < -0.3 is 0 Å². The Morgan fingerprint density at radius 1 is 0.917 bits per heavy atom. The van der Waals surface area contributed by atoms with Gasteiger partial charge in [-0.3, -0.25) is 0 Å². The van der Waals surface area contributed by atoms with Crippen molar-refractivity contribution in [1.29, 1.82) is 0 Å². The third kappa shape index (κ3) is 3.16. The highest BCUT2D eigenvalue weighted by molar-refractivity contribution is 7.90. The van der Waals surface area contributed by atoms with Crippen molar-refractivity contribution < 1.29 is 8.42 Å². The van der Waals surface area contributed by atoms with Crippen LogP contribution in [0.5, 0.6) is 0 Å². The highest BCUT2D eigenvalue weighted by Gasteiger charge is 2.22. The summed E-state index contributed by atoms with van der Waals surface area (Å²) in [7, 11) is -5.31. The molecule has 3 aromatic rings. The van der Waals surface area contributed by atoms with Gasteiger partial charge in [0.05, 0.1) is 10.4 Å². The largest absolute Gasteiger partial charge is 0.269 e. The minimum absolute atomic E-state index is 0.266. The highest BCUT2D eigenvalue weighted by atomic mass is 32.2. The zero-order chi connectivity index (χ0) is 17.4. The Labute approximate surface area is 144 Å².